The maximum absolute atomic E-state index is 12.2. The molecule has 12 heteroatoms. The van der Waals surface area contributed by atoms with Crippen LogP contribution in [0.2, 0.25) is 0 Å². The molecule has 2 aliphatic heterocycles. The molecular formula is C9H13N5O6S. The molecule has 1 aromatic heterocycles. The smallest absolute Gasteiger partial charge is 0.418 e. The van der Waals surface area contributed by atoms with E-state index in [2.05, 4.69) is 14.5 Å². The lowest BCUT2D eigenvalue weighted by Gasteiger charge is -2.27. The van der Waals surface area contributed by atoms with Gasteiger partial charge in [0.15, 0.2) is 0 Å². The number of urea groups is 1. The summed E-state index contributed by atoms with van der Waals surface area (Å²) >= 11 is 0. The van der Waals surface area contributed by atoms with Crippen molar-refractivity contribution in [2.24, 2.45) is 5.73 Å². The standard InChI is InChI=1S/C9H13N5O6S/c10-3-7-11-12-8(19-7)6-2-1-5-4-13(6)9(15)14(5)20-21(16,17)18/h5-6H,1-4,10H2,(H,16,17,18)/t5?,6-/m0/s1. The molecule has 11 nitrogen and oxygen atoms in total. The molecule has 1 aromatic rings. The largest absolute Gasteiger partial charge is 0.422 e. The van der Waals surface area contributed by atoms with Crippen LogP contribution in [0, 0.1) is 0 Å². The van der Waals surface area contributed by atoms with E-state index in [4.69, 9.17) is 14.7 Å². The molecule has 0 aromatic carbocycles. The van der Waals surface area contributed by atoms with Gasteiger partial charge in [-0.2, -0.15) is 13.5 Å². The van der Waals surface area contributed by atoms with Gasteiger partial charge in [-0.15, -0.1) is 14.5 Å². The summed E-state index contributed by atoms with van der Waals surface area (Å²) in [7, 11) is -4.75. The van der Waals surface area contributed by atoms with Gasteiger partial charge in [0.05, 0.1) is 12.6 Å². The van der Waals surface area contributed by atoms with Crippen LogP contribution >= 0.6 is 0 Å². The maximum Gasteiger partial charge on any atom is 0.418 e. The van der Waals surface area contributed by atoms with Crippen molar-refractivity contribution in [3.63, 3.8) is 0 Å². The van der Waals surface area contributed by atoms with Gasteiger partial charge >= 0.3 is 16.4 Å². The fourth-order valence-corrected chi connectivity index (χ4v) is 2.96. The number of rotatable bonds is 4. The molecule has 2 atom stereocenters. The molecule has 2 aliphatic rings. The van der Waals surface area contributed by atoms with Gasteiger partial charge < -0.3 is 15.1 Å². The molecule has 2 fully saturated rings. The molecule has 3 heterocycles. The molecular weight excluding hydrogens is 306 g/mol. The highest BCUT2D eigenvalue weighted by Gasteiger charge is 2.49. The highest BCUT2D eigenvalue weighted by atomic mass is 32.3. The van der Waals surface area contributed by atoms with Crippen molar-refractivity contribution in [3.8, 4) is 0 Å². The lowest BCUT2D eigenvalue weighted by molar-refractivity contribution is -0.0317. The number of carbonyl (C=O) groups excluding carboxylic acids is 1. The number of piperidine rings is 1. The first-order valence-corrected chi connectivity index (χ1v) is 7.54. The van der Waals surface area contributed by atoms with Gasteiger partial charge in [0, 0.05) is 6.54 Å². The number of hydrogen-bond acceptors (Lipinski definition) is 8. The second-order valence-electron chi connectivity index (χ2n) is 4.75. The van der Waals surface area contributed by atoms with Crippen molar-refractivity contribution in [2.75, 3.05) is 6.54 Å². The zero-order chi connectivity index (χ0) is 15.2. The van der Waals surface area contributed by atoms with Crippen LogP contribution in [0.4, 0.5) is 4.79 Å². The van der Waals surface area contributed by atoms with Crippen molar-refractivity contribution in [3.05, 3.63) is 11.8 Å². The summed E-state index contributed by atoms with van der Waals surface area (Å²) in [5, 5.41) is 8.24. The molecule has 116 valence electrons. The van der Waals surface area contributed by atoms with Crippen LogP contribution < -0.4 is 5.73 Å². The first-order valence-electron chi connectivity index (χ1n) is 6.18. The Hall–Kier alpha value is -1.76. The van der Waals surface area contributed by atoms with Gasteiger partial charge in [-0.1, -0.05) is 0 Å². The number of hydrogen-bond donors (Lipinski definition) is 2. The van der Waals surface area contributed by atoms with Gasteiger partial charge in [0.1, 0.15) is 6.04 Å². The number of nitrogens with two attached hydrogens (primary N) is 1. The molecule has 0 spiro atoms. The summed E-state index contributed by atoms with van der Waals surface area (Å²) < 4.78 is 39.9. The average Bonchev–Trinajstić information content (AvgIpc) is 2.98. The first-order chi connectivity index (χ1) is 9.89. The van der Waals surface area contributed by atoms with E-state index in [0.717, 1.165) is 0 Å². The van der Waals surface area contributed by atoms with Crippen LogP contribution in [0.25, 0.3) is 0 Å². The molecule has 0 radical (unpaired) electrons. The SMILES string of the molecule is NCc1nnc([C@@H]2CCC3CN2C(=O)N3OS(=O)(=O)O)o1. The van der Waals surface area contributed by atoms with Crippen molar-refractivity contribution < 1.29 is 26.5 Å². The monoisotopic (exact) mass is 319 g/mol. The fraction of sp³-hybridized carbons (Fsp3) is 0.667. The molecule has 0 saturated carbocycles. The van der Waals surface area contributed by atoms with Gasteiger partial charge in [0.25, 0.3) is 0 Å². The Bertz CT molecular complexity index is 659. The van der Waals surface area contributed by atoms with E-state index in [1.54, 1.807) is 0 Å². The number of carbonyl (C=O) groups is 1. The van der Waals surface area contributed by atoms with Crippen molar-refractivity contribution in [2.45, 2.75) is 31.5 Å². The number of fused-ring (bicyclic) bond motifs is 2. The van der Waals surface area contributed by atoms with Crippen LogP contribution in [0.5, 0.6) is 0 Å². The Morgan fingerprint density at radius 3 is 2.81 bits per heavy atom. The van der Waals surface area contributed by atoms with E-state index in [1.807, 2.05) is 0 Å². The van der Waals surface area contributed by atoms with Gasteiger partial charge in [-0.05, 0) is 12.8 Å². The summed E-state index contributed by atoms with van der Waals surface area (Å²) in [5.41, 5.74) is 5.39. The second kappa shape index (κ2) is 4.91. The first kappa shape index (κ1) is 14.2. The normalized spacial score (nSPS) is 25.7. The molecule has 2 amide bonds. The third kappa shape index (κ3) is 2.57. The number of nitrogens with zero attached hydrogens (tertiary/aromatic N) is 4. The summed E-state index contributed by atoms with van der Waals surface area (Å²) in [4.78, 5) is 13.5. The minimum atomic E-state index is -4.75. The van der Waals surface area contributed by atoms with E-state index >= 15 is 0 Å². The second-order valence-corrected chi connectivity index (χ2v) is 5.75. The van der Waals surface area contributed by atoms with Crippen LogP contribution in [0.15, 0.2) is 4.42 Å². The Balaban J connectivity index is 1.82. The number of aromatic nitrogens is 2. The molecule has 1 unspecified atom stereocenters. The molecule has 2 bridgehead atoms. The highest BCUT2D eigenvalue weighted by Crippen LogP contribution is 2.38. The van der Waals surface area contributed by atoms with E-state index in [-0.39, 0.29) is 24.9 Å². The highest BCUT2D eigenvalue weighted by molar-refractivity contribution is 7.80. The molecule has 3 rings (SSSR count). The van der Waals surface area contributed by atoms with Crippen LogP contribution in [-0.4, -0.2) is 51.7 Å². The summed E-state index contributed by atoms with van der Waals surface area (Å²) in [6, 6.07) is -1.59. The topological polar surface area (TPSA) is 152 Å². The van der Waals surface area contributed by atoms with Gasteiger partial charge in [0.2, 0.25) is 11.8 Å². The summed E-state index contributed by atoms with van der Waals surface area (Å²) in [5.74, 6) is 0.501. The van der Waals surface area contributed by atoms with Crippen LogP contribution in [-0.2, 0) is 21.2 Å². The molecule has 3 N–H and O–H groups in total. The third-order valence-corrected chi connectivity index (χ3v) is 3.79. The zero-order valence-electron chi connectivity index (χ0n) is 10.7. The van der Waals surface area contributed by atoms with E-state index in [1.165, 1.54) is 4.90 Å². The maximum atomic E-state index is 12.2. The number of hydroxylamine groups is 2. The van der Waals surface area contributed by atoms with Crippen LogP contribution in [0.1, 0.15) is 30.7 Å². The predicted octanol–water partition coefficient (Wildman–Crippen LogP) is -0.796. The minimum Gasteiger partial charge on any atom is -0.422 e. The van der Waals surface area contributed by atoms with Crippen molar-refractivity contribution >= 4 is 16.4 Å². The summed E-state index contributed by atoms with van der Waals surface area (Å²) in [6.07, 6.45) is 0.983. The van der Waals surface area contributed by atoms with E-state index in [9.17, 15) is 13.2 Å². The fourth-order valence-electron chi connectivity index (χ4n) is 2.57. The van der Waals surface area contributed by atoms with E-state index in [0.29, 0.717) is 17.9 Å². The average molecular weight is 319 g/mol. The Labute approximate surface area is 119 Å². The van der Waals surface area contributed by atoms with Gasteiger partial charge in [-0.25, -0.2) is 4.79 Å². The zero-order valence-corrected chi connectivity index (χ0v) is 11.6. The molecule has 2 saturated heterocycles. The number of amides is 2. The lowest BCUT2D eigenvalue weighted by Crippen LogP contribution is -2.35. The lowest BCUT2D eigenvalue weighted by atomic mass is 10.0. The third-order valence-electron chi connectivity index (χ3n) is 3.44. The van der Waals surface area contributed by atoms with Gasteiger partial charge in [-0.3, -0.25) is 4.55 Å². The Morgan fingerprint density at radius 2 is 2.19 bits per heavy atom. The minimum absolute atomic E-state index is 0.0916. The van der Waals surface area contributed by atoms with Crippen LogP contribution in [0.3, 0.4) is 0 Å². The Morgan fingerprint density at radius 1 is 1.43 bits per heavy atom. The predicted molar refractivity (Wildman–Crippen MR) is 64.5 cm³/mol. The van der Waals surface area contributed by atoms with E-state index < -0.39 is 28.5 Å². The van der Waals surface area contributed by atoms with Crippen molar-refractivity contribution in [1.82, 2.24) is 20.2 Å². The molecule has 0 aliphatic carbocycles. The summed E-state index contributed by atoms with van der Waals surface area (Å²) in [6.45, 7) is 0.341. The molecule has 21 heavy (non-hydrogen) atoms. The Kier molecular flexibility index (Phi) is 3.32. The van der Waals surface area contributed by atoms with Crippen molar-refractivity contribution in [1.29, 1.82) is 0 Å². The quantitative estimate of drug-likeness (QED) is 0.679.